The fourth-order valence-electron chi connectivity index (χ4n) is 4.63. The first kappa shape index (κ1) is 29.3. The smallest absolute Gasteiger partial charge is 0.269 e. The van der Waals surface area contributed by atoms with Crippen molar-refractivity contribution in [1.29, 1.82) is 0 Å². The summed E-state index contributed by atoms with van der Waals surface area (Å²) in [5, 5.41) is 3.46. The van der Waals surface area contributed by atoms with Crippen LogP contribution in [0.3, 0.4) is 0 Å². The number of carbonyl (C=O) groups is 3. The Bertz CT molecular complexity index is 1520. The highest BCUT2D eigenvalue weighted by molar-refractivity contribution is 7.90. The summed E-state index contributed by atoms with van der Waals surface area (Å²) in [6.45, 7) is 5.29. The maximum atomic E-state index is 13.9. The molecule has 0 aromatic heterocycles. The Morgan fingerprint density at radius 1 is 0.950 bits per heavy atom. The van der Waals surface area contributed by atoms with Gasteiger partial charge in [-0.05, 0) is 56.2 Å². The lowest BCUT2D eigenvalue weighted by Gasteiger charge is -2.34. The van der Waals surface area contributed by atoms with E-state index >= 15 is 0 Å². The van der Waals surface area contributed by atoms with Crippen LogP contribution in [-0.4, -0.2) is 53.5 Å². The number of sulfonamides is 1. The molecule has 8 nitrogen and oxygen atoms in total. The number of amides is 3. The maximum absolute atomic E-state index is 13.9. The lowest BCUT2D eigenvalue weighted by molar-refractivity contribution is -0.142. The zero-order chi connectivity index (χ0) is 29.1. The zero-order valence-corrected chi connectivity index (χ0v) is 24.2. The van der Waals surface area contributed by atoms with Gasteiger partial charge in [0, 0.05) is 36.5 Å². The number of rotatable bonds is 9. The molecule has 210 valence electrons. The largest absolute Gasteiger partial charge is 0.350 e. The minimum atomic E-state index is -4.07. The third-order valence-electron chi connectivity index (χ3n) is 6.45. The lowest BCUT2D eigenvalue weighted by Crippen LogP contribution is -2.54. The summed E-state index contributed by atoms with van der Waals surface area (Å²) in [5.41, 5.74) is 1.09. The summed E-state index contributed by atoms with van der Waals surface area (Å²) in [4.78, 5) is 41.8. The van der Waals surface area contributed by atoms with Gasteiger partial charge in [-0.1, -0.05) is 66.2 Å². The molecule has 3 aromatic carbocycles. The summed E-state index contributed by atoms with van der Waals surface area (Å²) in [5.74, 6) is -1.48. The molecule has 3 aromatic rings. The Labute approximate surface area is 240 Å². The van der Waals surface area contributed by atoms with Gasteiger partial charge in [-0.2, -0.15) is 0 Å². The second-order valence-electron chi connectivity index (χ2n) is 10.7. The van der Waals surface area contributed by atoms with Crippen molar-refractivity contribution in [1.82, 2.24) is 14.5 Å². The van der Waals surface area contributed by atoms with Gasteiger partial charge < -0.3 is 10.2 Å². The minimum absolute atomic E-state index is 0.0649. The first-order chi connectivity index (χ1) is 18.9. The number of hydrogen-bond acceptors (Lipinski definition) is 5. The van der Waals surface area contributed by atoms with Crippen LogP contribution in [-0.2, 0) is 32.6 Å². The van der Waals surface area contributed by atoms with Crippen LogP contribution >= 0.6 is 11.6 Å². The average molecular weight is 582 g/mol. The summed E-state index contributed by atoms with van der Waals surface area (Å²) >= 11 is 6.21. The summed E-state index contributed by atoms with van der Waals surface area (Å²) in [6, 6.07) is 21.4. The van der Waals surface area contributed by atoms with Crippen LogP contribution in [0.1, 0.15) is 48.7 Å². The van der Waals surface area contributed by atoms with Crippen molar-refractivity contribution < 1.29 is 22.8 Å². The van der Waals surface area contributed by atoms with Crippen molar-refractivity contribution in [3.63, 3.8) is 0 Å². The van der Waals surface area contributed by atoms with E-state index in [0.29, 0.717) is 10.6 Å². The molecule has 1 N–H and O–H groups in total. The normalized spacial score (nSPS) is 14.9. The molecule has 4 rings (SSSR count). The Morgan fingerprint density at radius 2 is 1.60 bits per heavy atom. The Balaban J connectivity index is 1.65. The van der Waals surface area contributed by atoms with Gasteiger partial charge >= 0.3 is 0 Å². The van der Waals surface area contributed by atoms with E-state index in [9.17, 15) is 22.8 Å². The van der Waals surface area contributed by atoms with Crippen LogP contribution < -0.4 is 5.32 Å². The highest BCUT2D eigenvalue weighted by Crippen LogP contribution is 2.30. The fraction of sp³-hybridized carbons (Fsp3) is 0.300. The number of fused-ring (bicyclic) bond motifs is 1. The predicted octanol–water partition coefficient (Wildman–Crippen LogP) is 4.43. The SMILES string of the molecule is CC(C)(C)NC(=O)[C@@H](Cc1ccccc1)N(Cc1cccc(Cl)c1)C(=O)CCN1C(=O)c2ccccc2S1(=O)=O. The second kappa shape index (κ2) is 11.8. The number of hydrogen-bond donors (Lipinski definition) is 1. The van der Waals surface area contributed by atoms with Crippen molar-refractivity contribution >= 4 is 39.3 Å². The predicted molar refractivity (Wildman–Crippen MR) is 153 cm³/mol. The van der Waals surface area contributed by atoms with Crippen molar-refractivity contribution in [2.24, 2.45) is 0 Å². The number of benzene rings is 3. The molecule has 3 amide bonds. The Kier molecular flexibility index (Phi) is 8.65. The van der Waals surface area contributed by atoms with E-state index in [2.05, 4.69) is 5.32 Å². The minimum Gasteiger partial charge on any atom is -0.350 e. The van der Waals surface area contributed by atoms with Gasteiger partial charge in [0.2, 0.25) is 11.8 Å². The van der Waals surface area contributed by atoms with Gasteiger partial charge in [-0.3, -0.25) is 14.4 Å². The van der Waals surface area contributed by atoms with E-state index in [1.165, 1.54) is 17.0 Å². The molecule has 0 fully saturated rings. The molecule has 0 saturated heterocycles. The van der Waals surface area contributed by atoms with Gasteiger partial charge in [0.15, 0.2) is 0 Å². The van der Waals surface area contributed by atoms with Crippen LogP contribution in [0.4, 0.5) is 0 Å². The molecule has 1 aliphatic heterocycles. The van der Waals surface area contributed by atoms with Crippen LogP contribution in [0.25, 0.3) is 0 Å². The molecule has 1 aliphatic rings. The van der Waals surface area contributed by atoms with E-state index in [4.69, 9.17) is 11.6 Å². The van der Waals surface area contributed by atoms with Gasteiger partial charge in [0.1, 0.15) is 10.9 Å². The fourth-order valence-corrected chi connectivity index (χ4v) is 6.41. The van der Waals surface area contributed by atoms with Crippen LogP contribution in [0.2, 0.25) is 5.02 Å². The number of nitrogens with zero attached hydrogens (tertiary/aromatic N) is 2. The van der Waals surface area contributed by atoms with E-state index in [1.54, 1.807) is 36.4 Å². The van der Waals surface area contributed by atoms with Gasteiger partial charge in [-0.15, -0.1) is 0 Å². The van der Waals surface area contributed by atoms with E-state index in [1.807, 2.05) is 51.1 Å². The highest BCUT2D eigenvalue weighted by atomic mass is 35.5. The van der Waals surface area contributed by atoms with Crippen molar-refractivity contribution in [3.8, 4) is 0 Å². The monoisotopic (exact) mass is 581 g/mol. The van der Waals surface area contributed by atoms with Crippen LogP contribution in [0.15, 0.2) is 83.8 Å². The molecule has 40 heavy (non-hydrogen) atoms. The Hall–Kier alpha value is -3.69. The number of halogens is 1. The maximum Gasteiger partial charge on any atom is 0.269 e. The van der Waals surface area contributed by atoms with E-state index < -0.39 is 33.4 Å². The Morgan fingerprint density at radius 3 is 2.25 bits per heavy atom. The molecule has 0 radical (unpaired) electrons. The van der Waals surface area contributed by atoms with E-state index in [-0.39, 0.29) is 42.3 Å². The summed E-state index contributed by atoms with van der Waals surface area (Å²) < 4.78 is 26.8. The first-order valence-electron chi connectivity index (χ1n) is 12.9. The molecular weight excluding hydrogens is 550 g/mol. The molecule has 0 unspecified atom stereocenters. The first-order valence-corrected chi connectivity index (χ1v) is 14.7. The zero-order valence-electron chi connectivity index (χ0n) is 22.6. The van der Waals surface area contributed by atoms with Crippen LogP contribution in [0.5, 0.6) is 0 Å². The van der Waals surface area contributed by atoms with Crippen LogP contribution in [0, 0.1) is 0 Å². The second-order valence-corrected chi connectivity index (χ2v) is 13.0. The quantitative estimate of drug-likeness (QED) is 0.403. The average Bonchev–Trinajstić information content (AvgIpc) is 3.09. The van der Waals surface area contributed by atoms with Crippen molar-refractivity contribution in [2.45, 2.75) is 56.6 Å². The topological polar surface area (TPSA) is 104 Å². The van der Waals surface area contributed by atoms with Gasteiger partial charge in [0.05, 0.1) is 5.56 Å². The number of nitrogens with one attached hydrogen (secondary N) is 1. The van der Waals surface area contributed by atoms with Crippen molar-refractivity contribution in [3.05, 3.63) is 101 Å². The summed E-state index contributed by atoms with van der Waals surface area (Å²) in [7, 11) is -4.07. The van der Waals surface area contributed by atoms with Gasteiger partial charge in [0.25, 0.3) is 15.9 Å². The number of carbonyl (C=O) groups excluding carboxylic acids is 3. The molecule has 1 heterocycles. The molecule has 0 bridgehead atoms. The standard InChI is InChI=1S/C30H32ClN3O5S/c1-30(2,3)32-28(36)25(19-21-10-5-4-6-11-21)33(20-22-12-9-13-23(31)18-22)27(35)16-17-34-29(37)24-14-7-8-15-26(24)40(34,38)39/h4-15,18,25H,16-17,19-20H2,1-3H3,(H,32,36)/t25-/m1/s1. The highest BCUT2D eigenvalue weighted by Gasteiger charge is 2.41. The van der Waals surface area contributed by atoms with E-state index in [0.717, 1.165) is 9.87 Å². The molecule has 10 heteroatoms. The third kappa shape index (κ3) is 6.71. The summed E-state index contributed by atoms with van der Waals surface area (Å²) in [6.07, 6.45) is -0.0605. The van der Waals surface area contributed by atoms with Crippen molar-refractivity contribution in [2.75, 3.05) is 6.54 Å². The molecule has 0 spiro atoms. The molecule has 0 aliphatic carbocycles. The molecule has 0 saturated carbocycles. The van der Waals surface area contributed by atoms with Gasteiger partial charge in [-0.25, -0.2) is 12.7 Å². The third-order valence-corrected chi connectivity index (χ3v) is 8.53. The lowest BCUT2D eigenvalue weighted by atomic mass is 10.0. The molecular formula is C30H32ClN3O5S. The molecule has 1 atom stereocenters.